The van der Waals surface area contributed by atoms with Gasteiger partial charge in [0.05, 0.1) is 13.7 Å². The first kappa shape index (κ1) is 18.7. The molecule has 2 aromatic rings. The minimum atomic E-state index is 0.0326. The smallest absolute Gasteiger partial charge is 0.238 e. The van der Waals surface area contributed by atoms with Crippen LogP contribution < -0.4 is 15.0 Å². The normalized spacial score (nSPS) is 15.4. The zero-order chi connectivity index (χ0) is 18.4. The Labute approximate surface area is 163 Å². The molecule has 0 unspecified atom stereocenters. The second-order valence-corrected chi connectivity index (χ2v) is 7.29. The minimum absolute atomic E-state index is 0.0326. The van der Waals surface area contributed by atoms with E-state index in [1.807, 2.05) is 36.4 Å². The summed E-state index contributed by atoms with van der Waals surface area (Å²) in [5.74, 6) is 0.903. The molecule has 1 amide bonds. The topological polar surface area (TPSA) is 44.8 Å². The van der Waals surface area contributed by atoms with Gasteiger partial charge in [-0.25, -0.2) is 0 Å². The Kier molecular flexibility index (Phi) is 6.52. The van der Waals surface area contributed by atoms with Crippen LogP contribution in [0.1, 0.15) is 6.42 Å². The van der Waals surface area contributed by atoms with E-state index < -0.39 is 0 Å². The van der Waals surface area contributed by atoms with Crippen molar-refractivity contribution in [3.05, 3.63) is 53.0 Å². The lowest BCUT2D eigenvalue weighted by atomic mass is 10.2. The molecule has 6 heteroatoms. The van der Waals surface area contributed by atoms with E-state index >= 15 is 0 Å². The number of halogens is 1. The number of hydrogen-bond donors (Lipinski definition) is 1. The van der Waals surface area contributed by atoms with Crippen LogP contribution in [0, 0.1) is 0 Å². The molecule has 5 nitrogen and oxygen atoms in total. The number of carbonyl (C=O) groups is 1. The van der Waals surface area contributed by atoms with Crippen LogP contribution in [0.15, 0.2) is 53.0 Å². The molecule has 1 N–H and O–H groups in total. The Morgan fingerprint density at radius 3 is 2.46 bits per heavy atom. The van der Waals surface area contributed by atoms with Gasteiger partial charge < -0.3 is 15.0 Å². The number of benzene rings is 2. The first-order valence-corrected chi connectivity index (χ1v) is 9.60. The third-order valence-corrected chi connectivity index (χ3v) is 5.05. The van der Waals surface area contributed by atoms with Crippen LogP contribution in [0.2, 0.25) is 0 Å². The summed E-state index contributed by atoms with van der Waals surface area (Å²) in [6, 6.07) is 15.8. The predicted octanol–water partition coefficient (Wildman–Crippen LogP) is 3.61. The molecule has 1 saturated heterocycles. The van der Waals surface area contributed by atoms with Crippen molar-refractivity contribution in [2.45, 2.75) is 6.42 Å². The Morgan fingerprint density at radius 1 is 1.04 bits per heavy atom. The Morgan fingerprint density at radius 2 is 1.77 bits per heavy atom. The van der Waals surface area contributed by atoms with Gasteiger partial charge >= 0.3 is 0 Å². The predicted molar refractivity (Wildman–Crippen MR) is 109 cm³/mol. The summed E-state index contributed by atoms with van der Waals surface area (Å²) in [6.45, 7) is 4.14. The van der Waals surface area contributed by atoms with E-state index in [0.29, 0.717) is 6.54 Å². The van der Waals surface area contributed by atoms with E-state index in [4.69, 9.17) is 4.74 Å². The van der Waals surface area contributed by atoms with E-state index in [0.717, 1.165) is 48.5 Å². The number of amides is 1. The maximum Gasteiger partial charge on any atom is 0.238 e. The molecule has 1 fully saturated rings. The van der Waals surface area contributed by atoms with E-state index in [1.165, 1.54) is 5.69 Å². The highest BCUT2D eigenvalue weighted by Gasteiger charge is 2.17. The molecular weight excluding hydrogens is 394 g/mol. The fourth-order valence-corrected chi connectivity index (χ4v) is 3.38. The number of methoxy groups -OCH3 is 1. The van der Waals surface area contributed by atoms with Crippen LogP contribution in [0.4, 0.5) is 11.4 Å². The van der Waals surface area contributed by atoms with Gasteiger partial charge in [-0.3, -0.25) is 9.69 Å². The van der Waals surface area contributed by atoms with Crippen LogP contribution in [0.5, 0.6) is 5.75 Å². The molecule has 0 saturated carbocycles. The molecule has 0 aliphatic carbocycles. The molecule has 1 heterocycles. The SMILES string of the molecule is COc1ccc(N2CCCN(CC(=O)Nc3ccc(Br)cc3)CC2)cc1. The second kappa shape index (κ2) is 9.05. The fourth-order valence-electron chi connectivity index (χ4n) is 3.12. The molecule has 0 bridgehead atoms. The number of rotatable bonds is 5. The van der Waals surface area contributed by atoms with Crippen LogP contribution in [-0.2, 0) is 4.79 Å². The van der Waals surface area contributed by atoms with Crippen molar-refractivity contribution in [1.29, 1.82) is 0 Å². The number of carbonyl (C=O) groups excluding carboxylic acids is 1. The van der Waals surface area contributed by atoms with Gasteiger partial charge in [0.2, 0.25) is 5.91 Å². The van der Waals surface area contributed by atoms with Crippen molar-refractivity contribution in [3.63, 3.8) is 0 Å². The number of ether oxygens (including phenoxy) is 1. The van der Waals surface area contributed by atoms with Crippen molar-refractivity contribution in [3.8, 4) is 5.75 Å². The van der Waals surface area contributed by atoms with E-state index in [-0.39, 0.29) is 5.91 Å². The summed E-state index contributed by atoms with van der Waals surface area (Å²) < 4.78 is 6.23. The average molecular weight is 418 g/mol. The van der Waals surface area contributed by atoms with Crippen LogP contribution in [-0.4, -0.2) is 50.6 Å². The van der Waals surface area contributed by atoms with Gasteiger partial charge in [0.1, 0.15) is 5.75 Å². The van der Waals surface area contributed by atoms with Crippen LogP contribution >= 0.6 is 15.9 Å². The lowest BCUT2D eigenvalue weighted by molar-refractivity contribution is -0.117. The molecule has 0 atom stereocenters. The molecule has 2 aromatic carbocycles. The number of anilines is 2. The first-order valence-electron chi connectivity index (χ1n) is 8.81. The lowest BCUT2D eigenvalue weighted by Gasteiger charge is -2.23. The zero-order valence-corrected chi connectivity index (χ0v) is 16.5. The average Bonchev–Trinajstić information content (AvgIpc) is 2.89. The number of nitrogens with one attached hydrogen (secondary N) is 1. The van der Waals surface area contributed by atoms with Crippen molar-refractivity contribution in [2.24, 2.45) is 0 Å². The summed E-state index contributed by atoms with van der Waals surface area (Å²) >= 11 is 3.40. The molecular formula is C20H24BrN3O2. The zero-order valence-electron chi connectivity index (χ0n) is 15.0. The van der Waals surface area contributed by atoms with E-state index in [1.54, 1.807) is 7.11 Å². The van der Waals surface area contributed by atoms with E-state index in [2.05, 4.69) is 43.2 Å². The molecule has 0 spiro atoms. The molecule has 138 valence electrons. The second-order valence-electron chi connectivity index (χ2n) is 6.37. The summed E-state index contributed by atoms with van der Waals surface area (Å²) in [6.07, 6.45) is 1.04. The molecule has 26 heavy (non-hydrogen) atoms. The van der Waals surface area contributed by atoms with Gasteiger partial charge in [-0.2, -0.15) is 0 Å². The molecule has 1 aliphatic rings. The molecule has 3 rings (SSSR count). The van der Waals surface area contributed by atoms with Gasteiger partial charge in [-0.15, -0.1) is 0 Å². The highest BCUT2D eigenvalue weighted by Crippen LogP contribution is 2.20. The third-order valence-electron chi connectivity index (χ3n) is 4.52. The Hall–Kier alpha value is -2.05. The first-order chi connectivity index (χ1) is 12.6. The molecule has 0 radical (unpaired) electrons. The number of nitrogens with zero attached hydrogens (tertiary/aromatic N) is 2. The minimum Gasteiger partial charge on any atom is -0.497 e. The van der Waals surface area contributed by atoms with E-state index in [9.17, 15) is 4.79 Å². The van der Waals surface area contributed by atoms with Crippen LogP contribution in [0.25, 0.3) is 0 Å². The van der Waals surface area contributed by atoms with Crippen molar-refractivity contribution < 1.29 is 9.53 Å². The largest absolute Gasteiger partial charge is 0.497 e. The maximum absolute atomic E-state index is 12.3. The summed E-state index contributed by atoms with van der Waals surface area (Å²) in [4.78, 5) is 16.9. The summed E-state index contributed by atoms with van der Waals surface area (Å²) in [7, 11) is 1.68. The fraction of sp³-hybridized carbons (Fsp3) is 0.350. The van der Waals surface area contributed by atoms with Crippen LogP contribution in [0.3, 0.4) is 0 Å². The maximum atomic E-state index is 12.3. The highest BCUT2D eigenvalue weighted by atomic mass is 79.9. The monoisotopic (exact) mass is 417 g/mol. The summed E-state index contributed by atoms with van der Waals surface area (Å²) in [5.41, 5.74) is 2.03. The summed E-state index contributed by atoms with van der Waals surface area (Å²) in [5, 5.41) is 2.96. The number of hydrogen-bond acceptors (Lipinski definition) is 4. The van der Waals surface area contributed by atoms with Gasteiger partial charge in [-0.05, 0) is 55.0 Å². The van der Waals surface area contributed by atoms with Gasteiger partial charge in [0.15, 0.2) is 0 Å². The Balaban J connectivity index is 1.51. The highest BCUT2D eigenvalue weighted by molar-refractivity contribution is 9.10. The van der Waals surface area contributed by atoms with Crippen molar-refractivity contribution in [1.82, 2.24) is 4.90 Å². The van der Waals surface area contributed by atoms with Gasteiger partial charge in [-0.1, -0.05) is 15.9 Å². The molecule has 1 aliphatic heterocycles. The standard InChI is InChI=1S/C20H24BrN3O2/c1-26-19-9-7-18(8-10-19)24-12-2-11-23(13-14-24)15-20(25)22-17-5-3-16(21)4-6-17/h3-10H,2,11-15H2,1H3,(H,22,25). The van der Waals surface area contributed by atoms with Gasteiger partial charge in [0, 0.05) is 42.0 Å². The quantitative estimate of drug-likeness (QED) is 0.806. The van der Waals surface area contributed by atoms with Crippen molar-refractivity contribution >= 4 is 33.2 Å². The van der Waals surface area contributed by atoms with Crippen molar-refractivity contribution in [2.75, 3.05) is 50.1 Å². The van der Waals surface area contributed by atoms with Gasteiger partial charge in [0.25, 0.3) is 0 Å². The third kappa shape index (κ3) is 5.22. The lowest BCUT2D eigenvalue weighted by Crippen LogP contribution is -2.36. The Bertz CT molecular complexity index is 719. The molecule has 0 aromatic heterocycles.